The predicted molar refractivity (Wildman–Crippen MR) is 53.5 cm³/mol. The van der Waals surface area contributed by atoms with Crippen molar-refractivity contribution >= 4 is 15.7 Å². The van der Waals surface area contributed by atoms with E-state index in [0.717, 1.165) is 6.42 Å². The third-order valence-corrected chi connectivity index (χ3v) is 4.20. The Hall–Kier alpha value is -0.620. The second-order valence-electron chi connectivity index (χ2n) is 3.74. The van der Waals surface area contributed by atoms with Crippen molar-refractivity contribution in [3.8, 4) is 0 Å². The molecule has 1 aliphatic heterocycles. The van der Waals surface area contributed by atoms with Crippen molar-refractivity contribution in [2.24, 2.45) is 5.73 Å². The van der Waals surface area contributed by atoms with Gasteiger partial charge in [0, 0.05) is 6.04 Å². The largest absolute Gasteiger partial charge is 0.368 e. The van der Waals surface area contributed by atoms with Crippen LogP contribution in [0, 0.1) is 0 Å². The van der Waals surface area contributed by atoms with Crippen molar-refractivity contribution in [3.05, 3.63) is 0 Å². The van der Waals surface area contributed by atoms with Crippen LogP contribution in [0.5, 0.6) is 0 Å². The molecular formula is C8H16N2O3S. The lowest BCUT2D eigenvalue weighted by Gasteiger charge is -2.25. The predicted octanol–water partition coefficient (Wildman–Crippen LogP) is -0.973. The molecule has 5 nitrogen and oxygen atoms in total. The second-order valence-corrected chi connectivity index (χ2v) is 5.97. The van der Waals surface area contributed by atoms with Crippen molar-refractivity contribution in [3.63, 3.8) is 0 Å². The normalized spacial score (nSPS) is 28.2. The number of sulfone groups is 1. The average molecular weight is 220 g/mol. The Morgan fingerprint density at radius 3 is 2.71 bits per heavy atom. The summed E-state index contributed by atoms with van der Waals surface area (Å²) in [6.45, 7) is 1.64. The molecule has 14 heavy (non-hydrogen) atoms. The van der Waals surface area contributed by atoms with E-state index in [2.05, 4.69) is 5.32 Å². The third kappa shape index (κ3) is 3.26. The van der Waals surface area contributed by atoms with Gasteiger partial charge in [-0.3, -0.25) is 4.79 Å². The molecule has 2 atom stereocenters. The SMILES string of the molecule is CC(NC1CCCS(=O)(=O)C1)C(N)=O. The van der Waals surface area contributed by atoms with E-state index < -0.39 is 21.8 Å². The highest BCUT2D eigenvalue weighted by molar-refractivity contribution is 7.91. The zero-order chi connectivity index (χ0) is 10.8. The Balaban J connectivity index is 2.50. The number of carbonyl (C=O) groups is 1. The topological polar surface area (TPSA) is 89.3 Å². The van der Waals surface area contributed by atoms with Crippen molar-refractivity contribution in [1.82, 2.24) is 5.32 Å². The highest BCUT2D eigenvalue weighted by atomic mass is 32.2. The quantitative estimate of drug-likeness (QED) is 0.640. The van der Waals surface area contributed by atoms with Crippen LogP contribution >= 0.6 is 0 Å². The van der Waals surface area contributed by atoms with Crippen LogP contribution in [0.4, 0.5) is 0 Å². The first kappa shape index (κ1) is 11.5. The fourth-order valence-electron chi connectivity index (χ4n) is 1.59. The number of rotatable bonds is 3. The van der Waals surface area contributed by atoms with Gasteiger partial charge in [-0.15, -0.1) is 0 Å². The molecule has 1 amide bonds. The molecule has 0 bridgehead atoms. The van der Waals surface area contributed by atoms with E-state index in [-0.39, 0.29) is 17.5 Å². The lowest BCUT2D eigenvalue weighted by molar-refractivity contribution is -0.119. The zero-order valence-corrected chi connectivity index (χ0v) is 9.01. The molecule has 0 spiro atoms. The summed E-state index contributed by atoms with van der Waals surface area (Å²) in [7, 11) is -2.92. The zero-order valence-electron chi connectivity index (χ0n) is 8.19. The van der Waals surface area contributed by atoms with Gasteiger partial charge in [0.15, 0.2) is 9.84 Å². The van der Waals surface area contributed by atoms with E-state index in [1.54, 1.807) is 6.92 Å². The second kappa shape index (κ2) is 4.27. The monoisotopic (exact) mass is 220 g/mol. The standard InChI is InChI=1S/C8H16N2O3S/c1-6(8(9)11)10-7-3-2-4-14(12,13)5-7/h6-7,10H,2-5H2,1H3,(H2,9,11). The molecule has 0 radical (unpaired) electrons. The number of carbonyl (C=O) groups excluding carboxylic acids is 1. The van der Waals surface area contributed by atoms with Crippen LogP contribution in [0.15, 0.2) is 0 Å². The van der Waals surface area contributed by atoms with E-state index in [1.165, 1.54) is 0 Å². The molecule has 0 aromatic rings. The van der Waals surface area contributed by atoms with Gasteiger partial charge in [0.1, 0.15) is 0 Å². The minimum atomic E-state index is -2.92. The first-order valence-electron chi connectivity index (χ1n) is 4.66. The highest BCUT2D eigenvalue weighted by Gasteiger charge is 2.26. The summed E-state index contributed by atoms with van der Waals surface area (Å²) in [5, 5.41) is 2.92. The minimum absolute atomic E-state index is 0.116. The van der Waals surface area contributed by atoms with Gasteiger partial charge in [0.05, 0.1) is 17.5 Å². The summed E-state index contributed by atoms with van der Waals surface area (Å²) >= 11 is 0. The molecule has 0 saturated carbocycles. The van der Waals surface area contributed by atoms with Gasteiger partial charge in [0.25, 0.3) is 0 Å². The van der Waals surface area contributed by atoms with Gasteiger partial charge < -0.3 is 11.1 Å². The number of primary amides is 1. The molecule has 0 aromatic heterocycles. The van der Waals surface area contributed by atoms with Crippen molar-refractivity contribution in [1.29, 1.82) is 0 Å². The molecule has 6 heteroatoms. The number of amides is 1. The average Bonchev–Trinajstić information content (AvgIpc) is 2.01. The van der Waals surface area contributed by atoms with Crippen LogP contribution in [0.25, 0.3) is 0 Å². The summed E-state index contributed by atoms with van der Waals surface area (Å²) in [4.78, 5) is 10.7. The Morgan fingerprint density at radius 2 is 2.21 bits per heavy atom. The molecule has 3 N–H and O–H groups in total. The fraction of sp³-hybridized carbons (Fsp3) is 0.875. The maximum absolute atomic E-state index is 11.3. The lowest BCUT2D eigenvalue weighted by atomic mass is 10.1. The van der Waals surface area contributed by atoms with Crippen molar-refractivity contribution in [2.75, 3.05) is 11.5 Å². The molecule has 1 saturated heterocycles. The molecular weight excluding hydrogens is 204 g/mol. The van der Waals surface area contributed by atoms with Gasteiger partial charge in [-0.25, -0.2) is 8.42 Å². The van der Waals surface area contributed by atoms with Gasteiger partial charge >= 0.3 is 0 Å². The van der Waals surface area contributed by atoms with Crippen LogP contribution in [0.2, 0.25) is 0 Å². The Kier molecular flexibility index (Phi) is 3.49. The van der Waals surface area contributed by atoms with E-state index in [4.69, 9.17) is 5.73 Å². The van der Waals surface area contributed by atoms with Crippen LogP contribution in [-0.2, 0) is 14.6 Å². The van der Waals surface area contributed by atoms with Crippen molar-refractivity contribution < 1.29 is 13.2 Å². The van der Waals surface area contributed by atoms with Crippen LogP contribution < -0.4 is 11.1 Å². The molecule has 1 rings (SSSR count). The maximum atomic E-state index is 11.3. The minimum Gasteiger partial charge on any atom is -0.368 e. The van der Waals surface area contributed by atoms with Crippen LogP contribution in [0.3, 0.4) is 0 Å². The van der Waals surface area contributed by atoms with E-state index >= 15 is 0 Å². The Labute approximate surface area is 84.0 Å². The fourth-order valence-corrected chi connectivity index (χ4v) is 3.24. The lowest BCUT2D eigenvalue weighted by Crippen LogP contribution is -2.49. The molecule has 1 aliphatic rings. The van der Waals surface area contributed by atoms with Gasteiger partial charge in [-0.05, 0) is 19.8 Å². The Bertz CT molecular complexity index is 313. The van der Waals surface area contributed by atoms with Gasteiger partial charge in [-0.1, -0.05) is 0 Å². The van der Waals surface area contributed by atoms with Crippen LogP contribution in [-0.4, -0.2) is 37.9 Å². The number of nitrogens with two attached hydrogens (primary N) is 1. The number of hydrogen-bond acceptors (Lipinski definition) is 4. The molecule has 1 heterocycles. The number of nitrogens with one attached hydrogen (secondary N) is 1. The smallest absolute Gasteiger partial charge is 0.234 e. The summed E-state index contributed by atoms with van der Waals surface area (Å²) in [6, 6.07) is -0.593. The van der Waals surface area contributed by atoms with Crippen LogP contribution in [0.1, 0.15) is 19.8 Å². The highest BCUT2D eigenvalue weighted by Crippen LogP contribution is 2.12. The molecule has 0 aliphatic carbocycles. The Morgan fingerprint density at radius 1 is 1.57 bits per heavy atom. The molecule has 0 aromatic carbocycles. The first-order valence-corrected chi connectivity index (χ1v) is 6.48. The summed E-state index contributed by atoms with van der Waals surface area (Å²) in [5.74, 6) is -0.0752. The third-order valence-electron chi connectivity index (χ3n) is 2.38. The molecule has 82 valence electrons. The van der Waals surface area contributed by atoms with E-state index in [1.807, 2.05) is 0 Å². The van der Waals surface area contributed by atoms with E-state index in [9.17, 15) is 13.2 Å². The number of hydrogen-bond donors (Lipinski definition) is 2. The van der Waals surface area contributed by atoms with Gasteiger partial charge in [-0.2, -0.15) is 0 Å². The maximum Gasteiger partial charge on any atom is 0.234 e. The summed E-state index contributed by atoms with van der Waals surface area (Å²) < 4.78 is 22.5. The summed E-state index contributed by atoms with van der Waals surface area (Å²) in [5.41, 5.74) is 5.07. The summed E-state index contributed by atoms with van der Waals surface area (Å²) in [6.07, 6.45) is 1.45. The van der Waals surface area contributed by atoms with E-state index in [0.29, 0.717) is 6.42 Å². The molecule has 2 unspecified atom stereocenters. The molecule has 1 fully saturated rings. The first-order chi connectivity index (χ1) is 6.41. The van der Waals surface area contributed by atoms with Gasteiger partial charge in [0.2, 0.25) is 5.91 Å². The van der Waals surface area contributed by atoms with Crippen molar-refractivity contribution in [2.45, 2.75) is 31.8 Å².